The molecule has 3 rings (SSSR count). The highest BCUT2D eigenvalue weighted by molar-refractivity contribution is 6.21. The van der Waals surface area contributed by atoms with Gasteiger partial charge in [-0.2, -0.15) is 0 Å². The van der Waals surface area contributed by atoms with Crippen LogP contribution < -0.4 is 10.6 Å². The number of benzene rings is 2. The molecule has 0 spiro atoms. The van der Waals surface area contributed by atoms with Gasteiger partial charge in [-0.1, -0.05) is 42.5 Å². The molecule has 1 aliphatic rings. The molecule has 0 fully saturated rings. The van der Waals surface area contributed by atoms with Crippen molar-refractivity contribution >= 4 is 35.6 Å². The van der Waals surface area contributed by atoms with Crippen LogP contribution in [0.1, 0.15) is 46.0 Å². The van der Waals surface area contributed by atoms with Gasteiger partial charge < -0.3 is 25.2 Å². The number of carboxylic acids is 1. The van der Waals surface area contributed by atoms with Crippen molar-refractivity contribution in [1.82, 2.24) is 15.5 Å². The number of ether oxygens (including phenoxy) is 2. The van der Waals surface area contributed by atoms with E-state index in [0.29, 0.717) is 10.9 Å². The van der Waals surface area contributed by atoms with Gasteiger partial charge in [-0.15, -0.1) is 0 Å². The van der Waals surface area contributed by atoms with Crippen LogP contribution >= 0.6 is 0 Å². The molecule has 2 aromatic carbocycles. The third-order valence-electron chi connectivity index (χ3n) is 5.75. The predicted octanol–water partition coefficient (Wildman–Crippen LogP) is 0.897. The molecule has 12 nitrogen and oxygen atoms in total. The summed E-state index contributed by atoms with van der Waals surface area (Å²) in [6.07, 6.45) is -0.682. The first kappa shape index (κ1) is 27.5. The smallest absolute Gasteiger partial charge is 0.328 e. The summed E-state index contributed by atoms with van der Waals surface area (Å²) >= 11 is 0. The molecule has 39 heavy (non-hydrogen) atoms. The molecule has 0 unspecified atom stereocenters. The van der Waals surface area contributed by atoms with Crippen LogP contribution in [0.2, 0.25) is 1.41 Å². The summed E-state index contributed by atoms with van der Waals surface area (Å²) in [5, 5.41) is 11.7. The molecular formula is C27H29N3O9. The summed E-state index contributed by atoms with van der Waals surface area (Å²) in [6, 6.07) is 12.4. The summed E-state index contributed by atoms with van der Waals surface area (Å²) in [5.74, 6) is -4.74. The maximum absolute atomic E-state index is 12.7. The summed E-state index contributed by atoms with van der Waals surface area (Å²) in [7, 11) is 0. The number of fused-ring (bicyclic) bond motifs is 1. The summed E-state index contributed by atoms with van der Waals surface area (Å²) < 4.78 is 18.4. The minimum Gasteiger partial charge on any atom is -0.481 e. The van der Waals surface area contributed by atoms with Crippen molar-refractivity contribution in [3.05, 3.63) is 71.3 Å². The zero-order chi connectivity index (χ0) is 29.2. The lowest BCUT2D eigenvalue weighted by Gasteiger charge is -2.20. The van der Waals surface area contributed by atoms with Gasteiger partial charge in [-0.25, -0.2) is 4.79 Å². The van der Waals surface area contributed by atoms with Crippen molar-refractivity contribution in [2.75, 3.05) is 19.8 Å². The van der Waals surface area contributed by atoms with Crippen LogP contribution in [0.15, 0.2) is 54.6 Å². The third kappa shape index (κ3) is 8.20. The number of imide groups is 1. The molecule has 0 saturated carbocycles. The molecule has 206 valence electrons. The van der Waals surface area contributed by atoms with Crippen LogP contribution in [0.4, 0.5) is 0 Å². The van der Waals surface area contributed by atoms with Gasteiger partial charge in [0.25, 0.3) is 11.8 Å². The number of esters is 1. The molecular weight excluding hydrogens is 510 g/mol. The number of carbonyl (C=O) groups excluding carboxylic acids is 5. The Kier molecular flexibility index (Phi) is 9.73. The zero-order valence-corrected chi connectivity index (χ0v) is 21.2. The Morgan fingerprint density at radius 2 is 1.62 bits per heavy atom. The number of amides is 4. The second-order valence-corrected chi connectivity index (χ2v) is 8.65. The van der Waals surface area contributed by atoms with Crippen LogP contribution in [0.25, 0.3) is 0 Å². The highest BCUT2D eigenvalue weighted by Crippen LogP contribution is 2.21. The molecule has 0 aliphatic carbocycles. The SMILES string of the molecule is [2H]N(C(=O)COCCN1C(=O)c2ccccc2C1=O)[C@@H](C)C(=O)N[C@@H](CCC(=O)O)C(=O)OCc1ccccc1. The Morgan fingerprint density at radius 3 is 2.23 bits per heavy atom. The van der Waals surface area contributed by atoms with Crippen LogP contribution in [0.5, 0.6) is 0 Å². The molecule has 3 N–H and O–H groups in total. The second kappa shape index (κ2) is 13.8. The molecule has 0 bridgehead atoms. The van der Waals surface area contributed by atoms with Gasteiger partial charge in [0, 0.05) is 6.42 Å². The standard InChI is InChI=1S/C27H29N3O9/c1-17(24(34)29-21(11-12-23(32)33)27(37)39-15-18-7-3-2-4-8-18)28-22(31)16-38-14-13-30-25(35)19-9-5-6-10-20(19)26(30)36/h2-10,17,21H,11-16H2,1H3,(H,28,31)(H,29,34)(H,32,33)/t17-,21-/m0/s1/i/hD. The van der Waals surface area contributed by atoms with E-state index >= 15 is 0 Å². The Bertz CT molecular complexity index is 1240. The molecule has 1 heterocycles. The number of carbonyl (C=O) groups is 6. The Morgan fingerprint density at radius 1 is 1.00 bits per heavy atom. The van der Waals surface area contributed by atoms with E-state index in [1.54, 1.807) is 54.6 Å². The van der Waals surface area contributed by atoms with E-state index in [-0.39, 0.29) is 37.3 Å². The maximum atomic E-state index is 12.7. The van der Waals surface area contributed by atoms with Crippen molar-refractivity contribution in [3.8, 4) is 0 Å². The highest BCUT2D eigenvalue weighted by atomic mass is 16.5. The Labute approximate surface area is 225 Å². The number of rotatable bonds is 14. The average molecular weight is 541 g/mol. The molecule has 0 radical (unpaired) electrons. The van der Waals surface area contributed by atoms with E-state index in [1.165, 1.54) is 6.92 Å². The predicted molar refractivity (Wildman–Crippen MR) is 135 cm³/mol. The van der Waals surface area contributed by atoms with Gasteiger partial charge in [-0.3, -0.25) is 28.9 Å². The lowest BCUT2D eigenvalue weighted by molar-refractivity contribution is -0.150. The number of carboxylic acid groups (broad SMARTS) is 1. The van der Waals surface area contributed by atoms with E-state index in [9.17, 15) is 28.8 Å². The van der Waals surface area contributed by atoms with Crippen LogP contribution in [0, 0.1) is 0 Å². The normalized spacial score (nSPS) is 14.2. The average Bonchev–Trinajstić information content (AvgIpc) is 3.20. The lowest BCUT2D eigenvalue weighted by Crippen LogP contribution is -2.51. The molecule has 1 aliphatic heterocycles. The van der Waals surface area contributed by atoms with E-state index in [2.05, 4.69) is 5.32 Å². The van der Waals surface area contributed by atoms with Gasteiger partial charge >= 0.3 is 11.9 Å². The van der Waals surface area contributed by atoms with Gasteiger partial charge in [0.15, 0.2) is 1.41 Å². The van der Waals surface area contributed by atoms with Gasteiger partial charge in [0.2, 0.25) is 11.8 Å². The Balaban J connectivity index is 1.47. The fourth-order valence-electron chi connectivity index (χ4n) is 3.71. The lowest BCUT2D eigenvalue weighted by atomic mass is 10.1. The minimum atomic E-state index is -1.36. The maximum Gasteiger partial charge on any atom is 0.328 e. The van der Waals surface area contributed by atoms with Crippen molar-refractivity contribution in [2.45, 2.75) is 38.5 Å². The van der Waals surface area contributed by atoms with Gasteiger partial charge in [0.1, 0.15) is 25.3 Å². The van der Waals surface area contributed by atoms with Crippen molar-refractivity contribution in [2.24, 2.45) is 0 Å². The second-order valence-electron chi connectivity index (χ2n) is 8.65. The van der Waals surface area contributed by atoms with Crippen LogP contribution in [-0.2, 0) is 35.3 Å². The summed E-state index contributed by atoms with van der Waals surface area (Å²) in [4.78, 5) is 74.4. The fourth-order valence-corrected chi connectivity index (χ4v) is 3.71. The first-order valence-corrected chi connectivity index (χ1v) is 12.2. The van der Waals surface area contributed by atoms with Crippen molar-refractivity contribution < 1.29 is 44.8 Å². The molecule has 0 saturated heterocycles. The zero-order valence-electron chi connectivity index (χ0n) is 22.2. The fraction of sp³-hybridized carbons (Fsp3) is 0.333. The minimum absolute atomic E-state index is 0.0875. The number of aliphatic carboxylic acids is 1. The molecule has 2 aromatic rings. The van der Waals surface area contributed by atoms with E-state index in [1.807, 2.05) is 0 Å². The monoisotopic (exact) mass is 540 g/mol. The largest absolute Gasteiger partial charge is 0.481 e. The summed E-state index contributed by atoms with van der Waals surface area (Å²) in [5.41, 5.74) is 1.26. The highest BCUT2D eigenvalue weighted by Gasteiger charge is 2.34. The van der Waals surface area contributed by atoms with Gasteiger partial charge in [0.05, 0.1) is 24.3 Å². The van der Waals surface area contributed by atoms with Crippen LogP contribution in [0.3, 0.4) is 0 Å². The molecule has 0 aromatic heterocycles. The summed E-state index contributed by atoms with van der Waals surface area (Å²) in [6.45, 7) is 0.282. The topological polar surface area (TPSA) is 168 Å². The van der Waals surface area contributed by atoms with Crippen molar-refractivity contribution in [1.29, 1.82) is 0 Å². The molecule has 4 amide bonds. The van der Waals surface area contributed by atoms with E-state index < -0.39 is 60.7 Å². The quantitative estimate of drug-likeness (QED) is 0.179. The third-order valence-corrected chi connectivity index (χ3v) is 5.75. The molecule has 12 heteroatoms. The Hall–Kier alpha value is -4.58. The first-order chi connectivity index (χ1) is 19.1. The van der Waals surface area contributed by atoms with Crippen molar-refractivity contribution in [3.63, 3.8) is 0 Å². The number of hydrogen-bond donors (Lipinski definition) is 3. The van der Waals surface area contributed by atoms with Crippen LogP contribution in [-0.4, -0.2) is 77.4 Å². The first-order valence-electron chi connectivity index (χ1n) is 12.6. The number of hydrogen-bond acceptors (Lipinski definition) is 8. The molecule has 2 atom stereocenters. The van der Waals surface area contributed by atoms with E-state index in [4.69, 9.17) is 16.0 Å². The van der Waals surface area contributed by atoms with Gasteiger partial charge in [-0.05, 0) is 31.0 Å². The number of nitrogens with one attached hydrogen (secondary N) is 2. The van der Waals surface area contributed by atoms with E-state index in [0.717, 1.165) is 4.90 Å². The number of nitrogens with zero attached hydrogens (tertiary/aromatic N) is 1.